The van der Waals surface area contributed by atoms with Crippen LogP contribution >= 0.6 is 0 Å². The Morgan fingerprint density at radius 3 is 2.62 bits per heavy atom. The molecule has 0 aliphatic heterocycles. The van der Waals surface area contributed by atoms with E-state index >= 15 is 0 Å². The van der Waals surface area contributed by atoms with Gasteiger partial charge in [-0.25, -0.2) is 0 Å². The quantitative estimate of drug-likeness (QED) is 0.638. The molecule has 0 saturated heterocycles. The van der Waals surface area contributed by atoms with Gasteiger partial charge in [-0.1, -0.05) is 19.8 Å². The summed E-state index contributed by atoms with van der Waals surface area (Å²) in [6, 6.07) is 3.06. The molecule has 1 fully saturated rings. The first-order valence-electron chi connectivity index (χ1n) is 6.72. The molecule has 16 heavy (non-hydrogen) atoms. The van der Waals surface area contributed by atoms with Crippen molar-refractivity contribution < 1.29 is 0 Å². The molecule has 1 aliphatic carbocycles. The molecule has 1 N–H and O–H groups in total. The lowest BCUT2D eigenvalue weighted by atomic mass is 9.90. The van der Waals surface area contributed by atoms with Crippen molar-refractivity contribution in [2.45, 2.75) is 65.3 Å². The fourth-order valence-electron chi connectivity index (χ4n) is 2.04. The van der Waals surface area contributed by atoms with Gasteiger partial charge in [-0.05, 0) is 52.0 Å². The van der Waals surface area contributed by atoms with Gasteiger partial charge in [0.05, 0.1) is 11.5 Å². The minimum absolute atomic E-state index is 0.153. The fourth-order valence-corrected chi connectivity index (χ4v) is 2.04. The summed E-state index contributed by atoms with van der Waals surface area (Å²) in [5, 5.41) is 12.5. The molecule has 0 heterocycles. The molecule has 1 unspecified atom stereocenters. The Balaban J connectivity index is 2.06. The molecule has 2 heteroatoms. The van der Waals surface area contributed by atoms with E-state index in [0.29, 0.717) is 6.04 Å². The van der Waals surface area contributed by atoms with E-state index in [9.17, 15) is 0 Å². The highest BCUT2D eigenvalue weighted by molar-refractivity contribution is 4.91. The molecular weight excluding hydrogens is 196 g/mol. The van der Waals surface area contributed by atoms with Gasteiger partial charge in [-0.2, -0.15) is 5.26 Å². The summed E-state index contributed by atoms with van der Waals surface area (Å²) in [6.45, 7) is 7.37. The van der Waals surface area contributed by atoms with Crippen LogP contribution in [-0.2, 0) is 0 Å². The first-order valence-corrected chi connectivity index (χ1v) is 6.72. The average Bonchev–Trinajstić information content (AvgIpc) is 3.06. The van der Waals surface area contributed by atoms with Crippen molar-refractivity contribution in [3.8, 4) is 6.07 Å². The third-order valence-electron chi connectivity index (χ3n) is 3.52. The van der Waals surface area contributed by atoms with E-state index in [1.807, 2.05) is 13.8 Å². The highest BCUT2D eigenvalue weighted by Gasteiger charge is 2.24. The van der Waals surface area contributed by atoms with Crippen LogP contribution in [0.2, 0.25) is 0 Å². The Bertz CT molecular complexity index is 236. The third-order valence-corrected chi connectivity index (χ3v) is 3.52. The van der Waals surface area contributed by atoms with Crippen LogP contribution in [-0.4, -0.2) is 12.6 Å². The van der Waals surface area contributed by atoms with Gasteiger partial charge in [-0.3, -0.25) is 0 Å². The molecule has 1 atom stereocenters. The lowest BCUT2D eigenvalue weighted by Crippen LogP contribution is -2.30. The maximum atomic E-state index is 8.91. The highest BCUT2D eigenvalue weighted by Crippen LogP contribution is 2.34. The summed E-state index contributed by atoms with van der Waals surface area (Å²) < 4.78 is 0. The first kappa shape index (κ1) is 13.5. The zero-order valence-corrected chi connectivity index (χ0v) is 11.1. The summed E-state index contributed by atoms with van der Waals surface area (Å²) in [4.78, 5) is 0. The van der Waals surface area contributed by atoms with Crippen LogP contribution in [0.1, 0.15) is 59.3 Å². The van der Waals surface area contributed by atoms with Crippen molar-refractivity contribution >= 4 is 0 Å². The van der Waals surface area contributed by atoms with E-state index in [4.69, 9.17) is 5.26 Å². The number of hydrogen-bond donors (Lipinski definition) is 1. The number of nitrogens with one attached hydrogen (secondary N) is 1. The van der Waals surface area contributed by atoms with Crippen LogP contribution in [0.4, 0.5) is 0 Å². The molecule has 2 nitrogen and oxygen atoms in total. The van der Waals surface area contributed by atoms with Crippen molar-refractivity contribution in [2.75, 3.05) is 6.54 Å². The number of nitrogens with zero attached hydrogens (tertiary/aromatic N) is 1. The molecular formula is C14H26N2. The second-order valence-electron chi connectivity index (χ2n) is 5.84. The zero-order chi connectivity index (χ0) is 12.0. The monoisotopic (exact) mass is 222 g/mol. The van der Waals surface area contributed by atoms with Crippen molar-refractivity contribution in [3.05, 3.63) is 0 Å². The summed E-state index contributed by atoms with van der Waals surface area (Å²) >= 11 is 0. The summed E-state index contributed by atoms with van der Waals surface area (Å²) in [7, 11) is 0. The van der Waals surface area contributed by atoms with Crippen LogP contribution in [0, 0.1) is 22.7 Å². The van der Waals surface area contributed by atoms with Crippen LogP contribution in [0.5, 0.6) is 0 Å². The molecule has 0 amide bonds. The summed E-state index contributed by atoms with van der Waals surface area (Å²) in [6.07, 6.45) is 7.59. The van der Waals surface area contributed by atoms with Crippen molar-refractivity contribution in [1.82, 2.24) is 5.32 Å². The average molecular weight is 222 g/mol. The van der Waals surface area contributed by atoms with Crippen LogP contribution in [0.15, 0.2) is 0 Å². The molecule has 92 valence electrons. The van der Waals surface area contributed by atoms with E-state index in [2.05, 4.69) is 18.3 Å². The summed E-state index contributed by atoms with van der Waals surface area (Å²) in [5.41, 5.74) is -0.153. The molecule has 1 saturated carbocycles. The van der Waals surface area contributed by atoms with Crippen LogP contribution < -0.4 is 5.32 Å². The largest absolute Gasteiger partial charge is 0.314 e. The van der Waals surface area contributed by atoms with Gasteiger partial charge in [0.15, 0.2) is 0 Å². The van der Waals surface area contributed by atoms with E-state index in [1.54, 1.807) is 0 Å². The molecule has 0 aromatic carbocycles. The van der Waals surface area contributed by atoms with Crippen molar-refractivity contribution in [3.63, 3.8) is 0 Å². The summed E-state index contributed by atoms with van der Waals surface area (Å²) in [5.74, 6) is 1.01. The Labute approximate surface area is 100 Å². The van der Waals surface area contributed by atoms with Crippen molar-refractivity contribution in [1.29, 1.82) is 5.26 Å². The van der Waals surface area contributed by atoms with Crippen molar-refractivity contribution in [2.24, 2.45) is 11.3 Å². The molecule has 0 bridgehead atoms. The molecule has 0 aromatic heterocycles. The van der Waals surface area contributed by atoms with Gasteiger partial charge < -0.3 is 5.32 Å². The molecule has 1 rings (SSSR count). The normalized spacial score (nSPS) is 18.1. The fraction of sp³-hybridized carbons (Fsp3) is 0.929. The predicted octanol–water partition coefficient (Wildman–Crippen LogP) is 3.48. The SMILES string of the molecule is CCC(CC1CC1)NCCCC(C)(C)C#N. The first-order chi connectivity index (χ1) is 7.57. The maximum absolute atomic E-state index is 8.91. The second kappa shape index (κ2) is 6.25. The van der Waals surface area contributed by atoms with Gasteiger partial charge in [0, 0.05) is 6.04 Å². The zero-order valence-electron chi connectivity index (χ0n) is 11.1. The molecule has 0 spiro atoms. The van der Waals surface area contributed by atoms with Crippen LogP contribution in [0.25, 0.3) is 0 Å². The van der Waals surface area contributed by atoms with Gasteiger partial charge in [0.2, 0.25) is 0 Å². The van der Waals surface area contributed by atoms with Gasteiger partial charge in [0.25, 0.3) is 0 Å². The standard InChI is InChI=1S/C14H26N2/c1-4-13(10-12-6-7-12)16-9-5-8-14(2,3)11-15/h12-13,16H,4-10H2,1-3H3. The number of hydrogen-bond acceptors (Lipinski definition) is 2. The number of nitriles is 1. The minimum Gasteiger partial charge on any atom is -0.314 e. The van der Waals surface area contributed by atoms with E-state index in [0.717, 1.165) is 25.3 Å². The Morgan fingerprint density at radius 2 is 2.12 bits per heavy atom. The topological polar surface area (TPSA) is 35.8 Å². The molecule has 0 radical (unpaired) electrons. The number of rotatable bonds is 8. The maximum Gasteiger partial charge on any atom is 0.0683 e. The van der Waals surface area contributed by atoms with Gasteiger partial charge in [-0.15, -0.1) is 0 Å². The van der Waals surface area contributed by atoms with Gasteiger partial charge in [0.1, 0.15) is 0 Å². The third kappa shape index (κ3) is 5.51. The van der Waals surface area contributed by atoms with E-state index in [1.165, 1.54) is 25.7 Å². The Kier molecular flexibility index (Phi) is 5.28. The van der Waals surface area contributed by atoms with Crippen LogP contribution in [0.3, 0.4) is 0 Å². The lowest BCUT2D eigenvalue weighted by Gasteiger charge is -2.19. The predicted molar refractivity (Wildman–Crippen MR) is 68.1 cm³/mol. The molecule has 0 aromatic rings. The smallest absolute Gasteiger partial charge is 0.0683 e. The molecule has 1 aliphatic rings. The minimum atomic E-state index is -0.153. The van der Waals surface area contributed by atoms with E-state index in [-0.39, 0.29) is 5.41 Å². The Morgan fingerprint density at radius 1 is 1.44 bits per heavy atom. The highest BCUT2D eigenvalue weighted by atomic mass is 14.9. The van der Waals surface area contributed by atoms with E-state index < -0.39 is 0 Å². The second-order valence-corrected chi connectivity index (χ2v) is 5.84. The Hall–Kier alpha value is -0.550. The lowest BCUT2D eigenvalue weighted by molar-refractivity contribution is 0.394. The van der Waals surface area contributed by atoms with Gasteiger partial charge >= 0.3 is 0 Å².